The van der Waals surface area contributed by atoms with Crippen molar-refractivity contribution in [2.24, 2.45) is 5.73 Å². The highest BCUT2D eigenvalue weighted by Crippen LogP contribution is 2.35. The van der Waals surface area contributed by atoms with Gasteiger partial charge in [-0.15, -0.1) is 0 Å². The Hall–Kier alpha value is -2.06. The molecular formula is C16H13F6NO. The van der Waals surface area contributed by atoms with E-state index in [1.54, 1.807) is 0 Å². The Morgan fingerprint density at radius 3 is 1.08 bits per heavy atom. The van der Waals surface area contributed by atoms with Crippen molar-refractivity contribution in [3.05, 3.63) is 70.8 Å². The van der Waals surface area contributed by atoms with E-state index in [-0.39, 0.29) is 11.1 Å². The fraction of sp³-hybridized carbons (Fsp3) is 0.250. The average molecular weight is 349 g/mol. The van der Waals surface area contributed by atoms with Crippen molar-refractivity contribution >= 4 is 0 Å². The molecule has 0 saturated carbocycles. The highest BCUT2D eigenvalue weighted by Gasteiger charge is 2.35. The van der Waals surface area contributed by atoms with Crippen LogP contribution in [0.5, 0.6) is 0 Å². The number of hydrogen-bond acceptors (Lipinski definition) is 2. The molecule has 0 aliphatic heterocycles. The lowest BCUT2D eigenvalue weighted by Gasteiger charge is -2.28. The van der Waals surface area contributed by atoms with Crippen LogP contribution >= 0.6 is 0 Å². The number of halogens is 6. The van der Waals surface area contributed by atoms with Crippen LogP contribution in [0, 0.1) is 0 Å². The highest BCUT2D eigenvalue weighted by atomic mass is 19.4. The third kappa shape index (κ3) is 3.54. The van der Waals surface area contributed by atoms with Gasteiger partial charge in [0.15, 0.2) is 0 Å². The van der Waals surface area contributed by atoms with E-state index in [0.29, 0.717) is 0 Å². The van der Waals surface area contributed by atoms with Gasteiger partial charge in [-0.3, -0.25) is 0 Å². The van der Waals surface area contributed by atoms with E-state index >= 15 is 0 Å². The van der Waals surface area contributed by atoms with Crippen LogP contribution in [0.15, 0.2) is 48.5 Å². The second-order valence-corrected chi connectivity index (χ2v) is 5.21. The van der Waals surface area contributed by atoms with E-state index in [4.69, 9.17) is 5.73 Å². The fourth-order valence-corrected chi connectivity index (χ4v) is 2.27. The zero-order chi connectivity index (χ0) is 18.2. The Balaban J connectivity index is 2.41. The number of aliphatic hydroxyl groups is 1. The lowest BCUT2D eigenvalue weighted by Crippen LogP contribution is -2.36. The largest absolute Gasteiger partial charge is 0.416 e. The third-order valence-corrected chi connectivity index (χ3v) is 3.67. The Morgan fingerprint density at radius 1 is 0.625 bits per heavy atom. The summed E-state index contributed by atoms with van der Waals surface area (Å²) in [6.07, 6.45) is -9.07. The van der Waals surface area contributed by atoms with Crippen molar-refractivity contribution in [2.45, 2.75) is 18.0 Å². The molecule has 0 aromatic heterocycles. The van der Waals surface area contributed by atoms with Crippen LogP contribution in [0.4, 0.5) is 26.3 Å². The molecule has 0 aliphatic carbocycles. The first-order valence-corrected chi connectivity index (χ1v) is 6.76. The highest BCUT2D eigenvalue weighted by molar-refractivity contribution is 5.39. The standard InChI is InChI=1S/C16H13F6NO/c17-15(18,19)12-5-1-10(2-6-12)14(24,9-23)11-3-7-13(8-4-11)16(20,21)22/h1-8,24H,9,23H2. The van der Waals surface area contributed by atoms with Gasteiger partial charge in [-0.25, -0.2) is 0 Å². The zero-order valence-electron chi connectivity index (χ0n) is 12.1. The van der Waals surface area contributed by atoms with E-state index in [1.807, 2.05) is 0 Å². The molecule has 0 radical (unpaired) electrons. The van der Waals surface area contributed by atoms with Crippen molar-refractivity contribution in [1.29, 1.82) is 0 Å². The number of benzene rings is 2. The quantitative estimate of drug-likeness (QED) is 0.825. The van der Waals surface area contributed by atoms with Gasteiger partial charge in [0.05, 0.1) is 11.1 Å². The molecule has 24 heavy (non-hydrogen) atoms. The Kier molecular flexibility index (Phi) is 4.65. The van der Waals surface area contributed by atoms with Gasteiger partial charge in [0, 0.05) is 6.54 Å². The maximum Gasteiger partial charge on any atom is 0.416 e. The fourth-order valence-electron chi connectivity index (χ4n) is 2.27. The number of nitrogens with two attached hydrogens (primary N) is 1. The molecule has 2 aromatic carbocycles. The van der Waals surface area contributed by atoms with Gasteiger partial charge in [0.1, 0.15) is 5.60 Å². The van der Waals surface area contributed by atoms with Crippen LogP contribution in [0.3, 0.4) is 0 Å². The van der Waals surface area contributed by atoms with Gasteiger partial charge in [-0.1, -0.05) is 24.3 Å². The van der Waals surface area contributed by atoms with Gasteiger partial charge >= 0.3 is 12.4 Å². The molecule has 0 spiro atoms. The second kappa shape index (κ2) is 6.10. The third-order valence-electron chi connectivity index (χ3n) is 3.67. The van der Waals surface area contributed by atoms with Gasteiger partial charge in [-0.05, 0) is 35.4 Å². The minimum absolute atomic E-state index is 0.0535. The molecule has 0 heterocycles. The van der Waals surface area contributed by atoms with Gasteiger partial charge in [-0.2, -0.15) is 26.3 Å². The van der Waals surface area contributed by atoms with Crippen molar-refractivity contribution in [3.63, 3.8) is 0 Å². The van der Waals surface area contributed by atoms with Crippen molar-refractivity contribution in [3.8, 4) is 0 Å². The maximum atomic E-state index is 12.6. The van der Waals surface area contributed by atoms with E-state index in [2.05, 4.69) is 0 Å². The Labute approximate surface area is 133 Å². The minimum Gasteiger partial charge on any atom is -0.379 e. The molecule has 2 rings (SSSR count). The molecule has 0 atom stereocenters. The topological polar surface area (TPSA) is 46.2 Å². The molecular weight excluding hydrogens is 336 g/mol. The summed E-state index contributed by atoms with van der Waals surface area (Å²) < 4.78 is 75.5. The monoisotopic (exact) mass is 349 g/mol. The van der Waals surface area contributed by atoms with Crippen LogP contribution in [0.1, 0.15) is 22.3 Å². The molecule has 0 bridgehead atoms. The average Bonchev–Trinajstić information content (AvgIpc) is 2.53. The normalized spacial score (nSPS) is 13.2. The van der Waals surface area contributed by atoms with E-state index < -0.39 is 35.6 Å². The summed E-state index contributed by atoms with van der Waals surface area (Å²) >= 11 is 0. The first-order chi connectivity index (χ1) is 11.0. The smallest absolute Gasteiger partial charge is 0.379 e. The molecule has 2 nitrogen and oxygen atoms in total. The number of alkyl halides is 6. The van der Waals surface area contributed by atoms with Gasteiger partial charge in [0.25, 0.3) is 0 Å². The first-order valence-electron chi connectivity index (χ1n) is 6.76. The van der Waals surface area contributed by atoms with Crippen LogP contribution in [-0.2, 0) is 18.0 Å². The summed E-state index contributed by atoms with van der Waals surface area (Å²) in [5.74, 6) is 0. The first kappa shape index (κ1) is 18.3. The van der Waals surface area contributed by atoms with Crippen molar-refractivity contribution in [1.82, 2.24) is 0 Å². The van der Waals surface area contributed by atoms with Crippen molar-refractivity contribution < 1.29 is 31.4 Å². The van der Waals surface area contributed by atoms with Gasteiger partial charge < -0.3 is 10.8 Å². The summed E-state index contributed by atoms with van der Waals surface area (Å²) in [5.41, 5.74) is 1.93. The predicted molar refractivity (Wildman–Crippen MR) is 74.9 cm³/mol. The lowest BCUT2D eigenvalue weighted by atomic mass is 9.85. The summed E-state index contributed by atoms with van der Waals surface area (Å²) in [6.45, 7) is -0.413. The van der Waals surface area contributed by atoms with E-state index in [1.165, 1.54) is 0 Å². The number of rotatable bonds is 3. The van der Waals surface area contributed by atoms with Crippen LogP contribution in [-0.4, -0.2) is 11.7 Å². The molecule has 3 N–H and O–H groups in total. The number of hydrogen-bond donors (Lipinski definition) is 2. The van der Waals surface area contributed by atoms with Crippen LogP contribution in [0.2, 0.25) is 0 Å². The summed E-state index contributed by atoms with van der Waals surface area (Å²) in [4.78, 5) is 0. The zero-order valence-corrected chi connectivity index (χ0v) is 12.1. The SMILES string of the molecule is NCC(O)(c1ccc(C(F)(F)F)cc1)c1ccc(C(F)(F)F)cc1. The molecule has 0 fully saturated rings. The molecule has 2 aromatic rings. The molecule has 0 amide bonds. The lowest BCUT2D eigenvalue weighted by molar-refractivity contribution is -0.138. The van der Waals surface area contributed by atoms with Gasteiger partial charge in [0.2, 0.25) is 0 Å². The molecule has 0 unspecified atom stereocenters. The predicted octanol–water partition coefficient (Wildman–Crippen LogP) is 3.92. The molecule has 0 saturated heterocycles. The second-order valence-electron chi connectivity index (χ2n) is 5.21. The Morgan fingerprint density at radius 2 is 0.875 bits per heavy atom. The Bertz CT molecular complexity index is 631. The summed E-state index contributed by atoms with van der Waals surface area (Å²) in [5, 5.41) is 10.7. The maximum absolute atomic E-state index is 12.6. The van der Waals surface area contributed by atoms with Crippen molar-refractivity contribution in [2.75, 3.05) is 6.54 Å². The summed E-state index contributed by atoms with van der Waals surface area (Å²) in [6, 6.07) is 7.31. The van der Waals surface area contributed by atoms with Crippen LogP contribution in [0.25, 0.3) is 0 Å². The molecule has 130 valence electrons. The van der Waals surface area contributed by atoms with E-state index in [0.717, 1.165) is 48.5 Å². The van der Waals surface area contributed by atoms with Crippen LogP contribution < -0.4 is 5.73 Å². The summed E-state index contributed by atoms with van der Waals surface area (Å²) in [7, 11) is 0. The minimum atomic E-state index is -4.53. The van der Waals surface area contributed by atoms with E-state index in [9.17, 15) is 31.4 Å². The molecule has 0 aliphatic rings. The molecule has 8 heteroatoms.